The number of amides is 2. The van der Waals surface area contributed by atoms with Crippen molar-refractivity contribution in [2.75, 3.05) is 11.9 Å². The van der Waals surface area contributed by atoms with Crippen molar-refractivity contribution in [1.29, 1.82) is 0 Å². The fourth-order valence-corrected chi connectivity index (χ4v) is 3.30. The van der Waals surface area contributed by atoms with Crippen molar-refractivity contribution >= 4 is 17.7 Å². The molecule has 2 amide bonds. The average Bonchev–Trinajstić information content (AvgIpc) is 3.45. The minimum atomic E-state index is -0.431. The van der Waals surface area contributed by atoms with Crippen molar-refractivity contribution < 1.29 is 18.5 Å². The van der Waals surface area contributed by atoms with Gasteiger partial charge in [0, 0.05) is 24.6 Å². The molecule has 144 valence electrons. The van der Waals surface area contributed by atoms with E-state index in [-0.39, 0.29) is 24.1 Å². The Balaban J connectivity index is 1.37. The van der Waals surface area contributed by atoms with E-state index in [0.717, 1.165) is 12.0 Å². The van der Waals surface area contributed by atoms with E-state index in [0.29, 0.717) is 24.5 Å². The standard InChI is InChI=1S/C21H21N3O4/c1-2-14-5-7-15(8-6-14)18-11-19(28-23-18)22-21(26)16-10-20(25)24(12-16)13-17-4-3-9-27-17/h3-9,11,16H,2,10,12-13H2,1H3,(H,22,26). The molecule has 1 atom stereocenters. The van der Waals surface area contributed by atoms with Gasteiger partial charge in [-0.1, -0.05) is 36.3 Å². The molecule has 0 bridgehead atoms. The third-order valence-electron chi connectivity index (χ3n) is 4.93. The molecule has 2 aromatic heterocycles. The van der Waals surface area contributed by atoms with Crippen LogP contribution < -0.4 is 5.32 Å². The second-order valence-corrected chi connectivity index (χ2v) is 6.87. The molecular weight excluding hydrogens is 358 g/mol. The largest absolute Gasteiger partial charge is 0.467 e. The lowest BCUT2D eigenvalue weighted by atomic mass is 10.1. The molecule has 7 nitrogen and oxygen atoms in total. The van der Waals surface area contributed by atoms with Crippen molar-refractivity contribution in [3.8, 4) is 11.3 Å². The normalized spacial score (nSPS) is 16.5. The highest BCUT2D eigenvalue weighted by Crippen LogP contribution is 2.25. The molecule has 0 radical (unpaired) electrons. The Morgan fingerprint density at radius 3 is 2.82 bits per heavy atom. The minimum Gasteiger partial charge on any atom is -0.467 e. The molecule has 7 heteroatoms. The summed E-state index contributed by atoms with van der Waals surface area (Å²) in [4.78, 5) is 26.3. The molecule has 0 aliphatic carbocycles. The van der Waals surface area contributed by atoms with Gasteiger partial charge in [-0.25, -0.2) is 0 Å². The lowest BCUT2D eigenvalue weighted by Gasteiger charge is -2.14. The summed E-state index contributed by atoms with van der Waals surface area (Å²) in [6, 6.07) is 13.3. The van der Waals surface area contributed by atoms with Crippen LogP contribution in [0.4, 0.5) is 5.88 Å². The fourth-order valence-electron chi connectivity index (χ4n) is 3.30. The molecular formula is C21H21N3O4. The topological polar surface area (TPSA) is 88.6 Å². The molecule has 1 N–H and O–H groups in total. The van der Waals surface area contributed by atoms with Crippen molar-refractivity contribution in [2.24, 2.45) is 5.92 Å². The van der Waals surface area contributed by atoms with E-state index in [9.17, 15) is 9.59 Å². The van der Waals surface area contributed by atoms with Crippen LogP contribution in [0.3, 0.4) is 0 Å². The molecule has 1 aliphatic heterocycles. The van der Waals surface area contributed by atoms with Crippen LogP contribution in [0, 0.1) is 5.92 Å². The van der Waals surface area contributed by atoms with Crippen LogP contribution in [0.2, 0.25) is 0 Å². The molecule has 1 aliphatic rings. The van der Waals surface area contributed by atoms with E-state index in [1.54, 1.807) is 23.3 Å². The Hall–Kier alpha value is -3.35. The Morgan fingerprint density at radius 2 is 2.11 bits per heavy atom. The van der Waals surface area contributed by atoms with Crippen LogP contribution >= 0.6 is 0 Å². The van der Waals surface area contributed by atoms with E-state index in [2.05, 4.69) is 17.4 Å². The van der Waals surface area contributed by atoms with E-state index in [1.165, 1.54) is 5.56 Å². The fraction of sp³-hybridized carbons (Fsp3) is 0.286. The van der Waals surface area contributed by atoms with Gasteiger partial charge in [0.1, 0.15) is 11.5 Å². The third-order valence-corrected chi connectivity index (χ3v) is 4.93. The number of rotatable bonds is 6. The molecule has 1 fully saturated rings. The summed E-state index contributed by atoms with van der Waals surface area (Å²) < 4.78 is 10.5. The zero-order valence-electron chi connectivity index (χ0n) is 15.6. The molecule has 4 rings (SSSR count). The molecule has 1 unspecified atom stereocenters. The summed E-state index contributed by atoms with van der Waals surface area (Å²) in [6.45, 7) is 2.82. The summed E-state index contributed by atoms with van der Waals surface area (Å²) in [5, 5.41) is 6.75. The summed E-state index contributed by atoms with van der Waals surface area (Å²) in [6.07, 6.45) is 2.71. The number of nitrogens with zero attached hydrogens (tertiary/aromatic N) is 2. The Labute approximate surface area is 162 Å². The zero-order chi connectivity index (χ0) is 19.5. The quantitative estimate of drug-likeness (QED) is 0.708. The van der Waals surface area contributed by atoms with Gasteiger partial charge in [0.05, 0.1) is 18.7 Å². The SMILES string of the molecule is CCc1ccc(-c2cc(NC(=O)C3CC(=O)N(Cc4ccco4)C3)on2)cc1. The lowest BCUT2D eigenvalue weighted by Crippen LogP contribution is -2.27. The first-order valence-corrected chi connectivity index (χ1v) is 9.29. The van der Waals surface area contributed by atoms with Gasteiger partial charge in [0.15, 0.2) is 0 Å². The van der Waals surface area contributed by atoms with Crippen molar-refractivity contribution in [1.82, 2.24) is 10.1 Å². The van der Waals surface area contributed by atoms with Crippen LogP contribution in [0.15, 0.2) is 57.7 Å². The maximum Gasteiger partial charge on any atom is 0.232 e. The zero-order valence-corrected chi connectivity index (χ0v) is 15.6. The minimum absolute atomic E-state index is 0.0641. The number of likely N-dealkylation sites (tertiary alicyclic amines) is 1. The highest BCUT2D eigenvalue weighted by Gasteiger charge is 2.35. The number of hydrogen-bond acceptors (Lipinski definition) is 5. The Kier molecular flexibility index (Phi) is 4.97. The first kappa shape index (κ1) is 18.0. The maximum atomic E-state index is 12.5. The molecule has 3 aromatic rings. The van der Waals surface area contributed by atoms with Crippen LogP contribution in [0.1, 0.15) is 24.7 Å². The van der Waals surface area contributed by atoms with Crippen LogP contribution in [-0.4, -0.2) is 28.4 Å². The second kappa shape index (κ2) is 7.72. The van der Waals surface area contributed by atoms with Gasteiger partial charge in [0.2, 0.25) is 17.7 Å². The molecule has 1 aromatic carbocycles. The smallest absolute Gasteiger partial charge is 0.232 e. The first-order chi connectivity index (χ1) is 13.6. The van der Waals surface area contributed by atoms with Gasteiger partial charge in [-0.05, 0) is 24.1 Å². The molecule has 0 spiro atoms. The van der Waals surface area contributed by atoms with E-state index >= 15 is 0 Å². The summed E-state index contributed by atoms with van der Waals surface area (Å²) in [5.41, 5.74) is 2.81. The van der Waals surface area contributed by atoms with Crippen molar-refractivity contribution in [3.63, 3.8) is 0 Å². The summed E-state index contributed by atoms with van der Waals surface area (Å²) >= 11 is 0. The highest BCUT2D eigenvalue weighted by atomic mass is 16.5. The third kappa shape index (κ3) is 3.83. The van der Waals surface area contributed by atoms with Gasteiger partial charge in [-0.3, -0.25) is 14.9 Å². The average molecular weight is 379 g/mol. The monoisotopic (exact) mass is 379 g/mol. The van der Waals surface area contributed by atoms with E-state index < -0.39 is 5.92 Å². The number of aryl methyl sites for hydroxylation is 1. The Morgan fingerprint density at radius 1 is 1.29 bits per heavy atom. The number of nitrogens with one attached hydrogen (secondary N) is 1. The molecule has 1 saturated heterocycles. The lowest BCUT2D eigenvalue weighted by molar-refractivity contribution is -0.128. The van der Waals surface area contributed by atoms with Crippen LogP contribution in [0.5, 0.6) is 0 Å². The number of carbonyl (C=O) groups is 2. The number of furan rings is 1. The molecule has 3 heterocycles. The van der Waals surface area contributed by atoms with Gasteiger partial charge in [0.25, 0.3) is 0 Å². The number of hydrogen-bond donors (Lipinski definition) is 1. The number of aromatic nitrogens is 1. The van der Waals surface area contributed by atoms with Crippen LogP contribution in [-0.2, 0) is 22.6 Å². The second-order valence-electron chi connectivity index (χ2n) is 6.87. The van der Waals surface area contributed by atoms with E-state index in [4.69, 9.17) is 8.94 Å². The van der Waals surface area contributed by atoms with Gasteiger partial charge in [-0.15, -0.1) is 0 Å². The molecule has 0 saturated carbocycles. The predicted octanol–water partition coefficient (Wildman–Crippen LogP) is 3.48. The van der Waals surface area contributed by atoms with Crippen molar-refractivity contribution in [3.05, 3.63) is 60.1 Å². The summed E-state index contributed by atoms with van der Waals surface area (Å²) in [5.74, 6) is 0.227. The maximum absolute atomic E-state index is 12.5. The molecule has 28 heavy (non-hydrogen) atoms. The Bertz CT molecular complexity index is 960. The first-order valence-electron chi connectivity index (χ1n) is 9.29. The number of benzene rings is 1. The van der Waals surface area contributed by atoms with Crippen LogP contribution in [0.25, 0.3) is 11.3 Å². The number of anilines is 1. The van der Waals surface area contributed by atoms with Gasteiger partial charge < -0.3 is 13.8 Å². The predicted molar refractivity (Wildman–Crippen MR) is 102 cm³/mol. The van der Waals surface area contributed by atoms with Crippen molar-refractivity contribution in [2.45, 2.75) is 26.3 Å². The van der Waals surface area contributed by atoms with E-state index in [1.807, 2.05) is 30.3 Å². The summed E-state index contributed by atoms with van der Waals surface area (Å²) in [7, 11) is 0. The highest BCUT2D eigenvalue weighted by molar-refractivity contribution is 5.96. The number of carbonyl (C=O) groups excluding carboxylic acids is 2. The van der Waals surface area contributed by atoms with Gasteiger partial charge in [-0.2, -0.15) is 0 Å². The van der Waals surface area contributed by atoms with Gasteiger partial charge >= 0.3 is 0 Å².